The minimum absolute atomic E-state index is 0.121. The quantitative estimate of drug-likeness (QED) is 0.335. The molecule has 2 rings (SSSR count). The van der Waals surface area contributed by atoms with Crippen molar-refractivity contribution >= 4 is 5.84 Å². The van der Waals surface area contributed by atoms with E-state index in [1.54, 1.807) is 6.20 Å². The second-order valence-electron chi connectivity index (χ2n) is 4.59. The van der Waals surface area contributed by atoms with E-state index in [2.05, 4.69) is 22.4 Å². The zero-order valence-corrected chi connectivity index (χ0v) is 11.4. The highest BCUT2D eigenvalue weighted by Gasteiger charge is 2.00. The summed E-state index contributed by atoms with van der Waals surface area (Å²) >= 11 is 0. The highest BCUT2D eigenvalue weighted by atomic mass is 16.4. The molecule has 0 amide bonds. The fourth-order valence-electron chi connectivity index (χ4n) is 1.87. The summed E-state index contributed by atoms with van der Waals surface area (Å²) in [6.45, 7) is 3.61. The molecule has 0 fully saturated rings. The van der Waals surface area contributed by atoms with E-state index in [1.165, 1.54) is 11.1 Å². The summed E-state index contributed by atoms with van der Waals surface area (Å²) in [4.78, 5) is 4.12. The van der Waals surface area contributed by atoms with Gasteiger partial charge in [0.2, 0.25) is 0 Å². The van der Waals surface area contributed by atoms with Crippen molar-refractivity contribution in [1.82, 2.24) is 10.3 Å². The Bertz CT molecular complexity index is 593. The van der Waals surface area contributed by atoms with Crippen molar-refractivity contribution < 1.29 is 5.21 Å². The summed E-state index contributed by atoms with van der Waals surface area (Å²) < 4.78 is 0. The molecule has 0 unspecified atom stereocenters. The molecule has 0 atom stereocenters. The Hall–Kier alpha value is -2.40. The zero-order chi connectivity index (χ0) is 14.4. The lowest BCUT2D eigenvalue weighted by Gasteiger charge is -2.07. The molecule has 5 nitrogen and oxygen atoms in total. The number of hydrogen-bond acceptors (Lipinski definition) is 4. The smallest absolute Gasteiger partial charge is 0.170 e. The Balaban J connectivity index is 1.90. The molecule has 0 saturated heterocycles. The van der Waals surface area contributed by atoms with E-state index in [-0.39, 0.29) is 5.84 Å². The van der Waals surface area contributed by atoms with Crippen LogP contribution in [0.5, 0.6) is 0 Å². The molecule has 0 aliphatic heterocycles. The number of oxime groups is 1. The molecule has 0 spiro atoms. The minimum Gasteiger partial charge on any atom is -0.409 e. The lowest BCUT2D eigenvalue weighted by molar-refractivity contribution is 0.318. The van der Waals surface area contributed by atoms with Gasteiger partial charge in [0.1, 0.15) is 0 Å². The first-order valence-electron chi connectivity index (χ1n) is 6.37. The van der Waals surface area contributed by atoms with Gasteiger partial charge >= 0.3 is 0 Å². The average Bonchev–Trinajstić information content (AvgIpc) is 2.49. The van der Waals surface area contributed by atoms with E-state index in [1.807, 2.05) is 36.5 Å². The molecular formula is C15H18N4O. The molecule has 0 aliphatic carbocycles. The monoisotopic (exact) mass is 270 g/mol. The molecule has 0 bridgehead atoms. The van der Waals surface area contributed by atoms with Gasteiger partial charge in [-0.25, -0.2) is 0 Å². The van der Waals surface area contributed by atoms with Crippen molar-refractivity contribution in [2.24, 2.45) is 10.9 Å². The minimum atomic E-state index is 0.121. The maximum Gasteiger partial charge on any atom is 0.170 e. The van der Waals surface area contributed by atoms with Crippen molar-refractivity contribution in [1.29, 1.82) is 0 Å². The molecule has 20 heavy (non-hydrogen) atoms. The van der Waals surface area contributed by atoms with E-state index in [0.29, 0.717) is 5.56 Å². The first-order chi connectivity index (χ1) is 9.70. The standard InChI is InChI=1S/C15H18N4O/c1-11-6-7-17-9-14(11)10-18-8-12-2-4-13(5-3-12)15(16)19-20/h2-7,9,18,20H,8,10H2,1H3,(H2,16,19). The van der Waals surface area contributed by atoms with Crippen LogP contribution in [0.4, 0.5) is 0 Å². The number of pyridine rings is 1. The number of hydrogen-bond donors (Lipinski definition) is 3. The van der Waals surface area contributed by atoms with Crippen molar-refractivity contribution in [3.05, 3.63) is 65.0 Å². The summed E-state index contributed by atoms with van der Waals surface area (Å²) in [6, 6.07) is 9.58. The molecule has 2 aromatic rings. The number of amidine groups is 1. The fourth-order valence-corrected chi connectivity index (χ4v) is 1.87. The maximum absolute atomic E-state index is 8.60. The Morgan fingerprint density at radius 2 is 2.00 bits per heavy atom. The molecule has 1 aromatic heterocycles. The summed E-state index contributed by atoms with van der Waals surface area (Å²) in [5, 5.41) is 14.9. The lowest BCUT2D eigenvalue weighted by atomic mass is 10.1. The number of nitrogens with two attached hydrogens (primary N) is 1. The number of rotatable bonds is 5. The van der Waals surface area contributed by atoms with Crippen LogP contribution in [-0.2, 0) is 13.1 Å². The summed E-state index contributed by atoms with van der Waals surface area (Å²) in [6.07, 6.45) is 3.68. The molecule has 4 N–H and O–H groups in total. The summed E-state index contributed by atoms with van der Waals surface area (Å²) in [7, 11) is 0. The zero-order valence-electron chi connectivity index (χ0n) is 11.4. The molecule has 5 heteroatoms. The summed E-state index contributed by atoms with van der Waals surface area (Å²) in [5.74, 6) is 0.121. The molecule has 0 saturated carbocycles. The normalized spacial score (nSPS) is 11.6. The van der Waals surface area contributed by atoms with Crippen LogP contribution in [0.15, 0.2) is 47.9 Å². The van der Waals surface area contributed by atoms with Crippen LogP contribution in [-0.4, -0.2) is 16.0 Å². The van der Waals surface area contributed by atoms with Crippen molar-refractivity contribution in [3.8, 4) is 0 Å². The third kappa shape index (κ3) is 3.55. The van der Waals surface area contributed by atoms with Gasteiger partial charge in [0.05, 0.1) is 0 Å². The van der Waals surface area contributed by atoms with E-state index >= 15 is 0 Å². The number of nitrogens with zero attached hydrogens (tertiary/aromatic N) is 2. The predicted molar refractivity (Wildman–Crippen MR) is 78.5 cm³/mol. The van der Waals surface area contributed by atoms with Gasteiger partial charge in [-0.2, -0.15) is 0 Å². The largest absolute Gasteiger partial charge is 0.409 e. The Labute approximate surface area is 118 Å². The predicted octanol–water partition coefficient (Wildman–Crippen LogP) is 1.77. The third-order valence-electron chi connectivity index (χ3n) is 3.15. The third-order valence-corrected chi connectivity index (χ3v) is 3.15. The fraction of sp³-hybridized carbons (Fsp3) is 0.200. The first kappa shape index (κ1) is 14.0. The molecule has 104 valence electrons. The Kier molecular flexibility index (Phi) is 4.68. The second kappa shape index (κ2) is 6.68. The maximum atomic E-state index is 8.60. The number of nitrogens with one attached hydrogen (secondary N) is 1. The average molecular weight is 270 g/mol. The number of aryl methyl sites for hydroxylation is 1. The van der Waals surface area contributed by atoms with E-state index < -0.39 is 0 Å². The van der Waals surface area contributed by atoms with Crippen LogP contribution < -0.4 is 11.1 Å². The van der Waals surface area contributed by atoms with Crippen molar-refractivity contribution in [2.45, 2.75) is 20.0 Å². The van der Waals surface area contributed by atoms with Crippen LogP contribution in [0.25, 0.3) is 0 Å². The van der Waals surface area contributed by atoms with Crippen LogP contribution in [0.3, 0.4) is 0 Å². The Morgan fingerprint density at radius 1 is 1.25 bits per heavy atom. The van der Waals surface area contributed by atoms with Gasteiger partial charge in [-0.1, -0.05) is 29.4 Å². The molecule has 1 heterocycles. The van der Waals surface area contributed by atoms with E-state index in [4.69, 9.17) is 10.9 Å². The van der Waals surface area contributed by atoms with E-state index in [9.17, 15) is 0 Å². The highest BCUT2D eigenvalue weighted by molar-refractivity contribution is 5.96. The molecule has 1 aromatic carbocycles. The van der Waals surface area contributed by atoms with E-state index in [0.717, 1.165) is 18.7 Å². The van der Waals surface area contributed by atoms with Crippen LogP contribution >= 0.6 is 0 Å². The van der Waals surface area contributed by atoms with Crippen LogP contribution in [0, 0.1) is 6.92 Å². The molecule has 0 aliphatic rings. The highest BCUT2D eigenvalue weighted by Crippen LogP contribution is 2.07. The number of benzene rings is 1. The molecule has 0 radical (unpaired) electrons. The van der Waals surface area contributed by atoms with Crippen LogP contribution in [0.2, 0.25) is 0 Å². The van der Waals surface area contributed by atoms with Crippen molar-refractivity contribution in [2.75, 3.05) is 0 Å². The second-order valence-corrected chi connectivity index (χ2v) is 4.59. The lowest BCUT2D eigenvalue weighted by Crippen LogP contribution is -2.15. The van der Waals surface area contributed by atoms with Gasteiger partial charge < -0.3 is 16.3 Å². The SMILES string of the molecule is Cc1ccncc1CNCc1ccc(/C(N)=N/O)cc1. The van der Waals surface area contributed by atoms with Crippen molar-refractivity contribution in [3.63, 3.8) is 0 Å². The van der Waals surface area contributed by atoms with Gasteiger partial charge in [0.25, 0.3) is 0 Å². The van der Waals surface area contributed by atoms with Gasteiger partial charge in [0, 0.05) is 31.0 Å². The Morgan fingerprint density at radius 3 is 2.65 bits per heavy atom. The van der Waals surface area contributed by atoms with Gasteiger partial charge in [-0.3, -0.25) is 4.98 Å². The van der Waals surface area contributed by atoms with Gasteiger partial charge in [0.15, 0.2) is 5.84 Å². The first-order valence-corrected chi connectivity index (χ1v) is 6.37. The summed E-state index contributed by atoms with van der Waals surface area (Å²) in [5.41, 5.74) is 9.79. The van der Waals surface area contributed by atoms with Crippen LogP contribution in [0.1, 0.15) is 22.3 Å². The number of aromatic nitrogens is 1. The topological polar surface area (TPSA) is 83.5 Å². The molecular weight excluding hydrogens is 252 g/mol. The van der Waals surface area contributed by atoms with Gasteiger partial charge in [-0.15, -0.1) is 0 Å². The van der Waals surface area contributed by atoms with Gasteiger partial charge in [-0.05, 0) is 29.7 Å².